The molecule has 6 heteroatoms. The van der Waals surface area contributed by atoms with Crippen molar-refractivity contribution in [1.82, 2.24) is 5.32 Å². The van der Waals surface area contributed by atoms with Crippen molar-refractivity contribution in [2.45, 2.75) is 28.7 Å². The molecule has 1 aliphatic carbocycles. The summed E-state index contributed by atoms with van der Waals surface area (Å²) in [5.74, 6) is -0.0827. The van der Waals surface area contributed by atoms with Gasteiger partial charge in [0.05, 0.1) is 12.7 Å². The number of amides is 2. The Morgan fingerprint density at radius 3 is 2.38 bits per heavy atom. The van der Waals surface area contributed by atoms with Crippen LogP contribution in [0.5, 0.6) is 0 Å². The third-order valence-electron chi connectivity index (χ3n) is 4.00. The van der Waals surface area contributed by atoms with Crippen molar-refractivity contribution in [3.63, 3.8) is 0 Å². The van der Waals surface area contributed by atoms with Gasteiger partial charge in [0.2, 0.25) is 0 Å². The second kappa shape index (κ2) is 8.87. The lowest BCUT2D eigenvalue weighted by molar-refractivity contribution is -0.862. The molecule has 3 rings (SSSR count). The quantitative estimate of drug-likeness (QED) is 0.661. The van der Waals surface area contributed by atoms with Crippen molar-refractivity contribution in [3.05, 3.63) is 54.6 Å². The molecule has 1 unspecified atom stereocenters. The third kappa shape index (κ3) is 5.89. The minimum Gasteiger partial charge on any atom is -0.348 e. The minimum atomic E-state index is -0.0946. The van der Waals surface area contributed by atoms with E-state index in [1.54, 1.807) is 11.8 Å². The first kappa shape index (κ1) is 18.5. The van der Waals surface area contributed by atoms with Gasteiger partial charge in [-0.2, -0.15) is 0 Å². The first-order chi connectivity index (χ1) is 12.6. The molecule has 0 bridgehead atoms. The number of carbonyl (C=O) groups is 2. The van der Waals surface area contributed by atoms with E-state index in [0.717, 1.165) is 33.2 Å². The molecule has 1 saturated carbocycles. The van der Waals surface area contributed by atoms with Crippen LogP contribution in [0.4, 0.5) is 5.69 Å². The summed E-state index contributed by atoms with van der Waals surface area (Å²) in [7, 11) is 1.86. The summed E-state index contributed by atoms with van der Waals surface area (Å²) in [5.41, 5.74) is 0.793. The smallest absolute Gasteiger partial charge is 0.279 e. The molecule has 2 aromatic rings. The molecular weight excluding hydrogens is 346 g/mol. The highest BCUT2D eigenvalue weighted by Gasteiger charge is 2.25. The number of carbonyl (C=O) groups excluding carboxylic acids is 2. The van der Waals surface area contributed by atoms with Gasteiger partial charge < -0.3 is 15.5 Å². The molecule has 1 atom stereocenters. The monoisotopic (exact) mass is 370 g/mol. The first-order valence-electron chi connectivity index (χ1n) is 8.82. The van der Waals surface area contributed by atoms with E-state index in [-0.39, 0.29) is 18.4 Å². The maximum atomic E-state index is 12.4. The highest BCUT2D eigenvalue weighted by molar-refractivity contribution is 7.99. The van der Waals surface area contributed by atoms with Crippen LogP contribution in [0.15, 0.2) is 64.4 Å². The molecule has 0 aliphatic heterocycles. The second-order valence-electron chi connectivity index (χ2n) is 6.61. The summed E-state index contributed by atoms with van der Waals surface area (Å²) in [6.45, 7) is 0.562. The van der Waals surface area contributed by atoms with Crippen molar-refractivity contribution < 1.29 is 14.5 Å². The number of anilines is 1. The van der Waals surface area contributed by atoms with Crippen molar-refractivity contribution >= 4 is 29.3 Å². The lowest BCUT2D eigenvalue weighted by Crippen LogP contribution is -3.11. The van der Waals surface area contributed by atoms with Crippen LogP contribution in [0.2, 0.25) is 0 Å². The van der Waals surface area contributed by atoms with Gasteiger partial charge in [-0.1, -0.05) is 42.1 Å². The Morgan fingerprint density at radius 2 is 1.65 bits per heavy atom. The van der Waals surface area contributed by atoms with E-state index < -0.39 is 0 Å². The number of benzene rings is 2. The zero-order valence-electron chi connectivity index (χ0n) is 14.8. The van der Waals surface area contributed by atoms with E-state index in [9.17, 15) is 9.59 Å². The normalized spacial score (nSPS) is 14.5. The fourth-order valence-corrected chi connectivity index (χ4v) is 3.51. The van der Waals surface area contributed by atoms with Crippen LogP contribution in [-0.2, 0) is 9.59 Å². The van der Waals surface area contributed by atoms with Gasteiger partial charge in [0.1, 0.15) is 0 Å². The molecule has 2 amide bonds. The molecule has 2 aromatic carbocycles. The Labute approximate surface area is 158 Å². The van der Waals surface area contributed by atoms with E-state index in [1.807, 2.05) is 61.6 Å². The van der Waals surface area contributed by atoms with Crippen molar-refractivity contribution in [1.29, 1.82) is 0 Å². The molecular formula is C20H24N3O2S+. The average molecular weight is 370 g/mol. The summed E-state index contributed by atoms with van der Waals surface area (Å²) in [4.78, 5) is 27.2. The lowest BCUT2D eigenvalue weighted by Gasteiger charge is -2.15. The Hall–Kier alpha value is -2.31. The number of quaternary nitrogens is 1. The molecule has 0 radical (unpaired) electrons. The van der Waals surface area contributed by atoms with Crippen LogP contribution in [0, 0.1) is 0 Å². The number of hydrogen-bond donors (Lipinski definition) is 3. The Kier molecular flexibility index (Phi) is 6.30. The molecule has 3 N–H and O–H groups in total. The zero-order valence-corrected chi connectivity index (χ0v) is 15.6. The van der Waals surface area contributed by atoms with E-state index in [2.05, 4.69) is 10.6 Å². The maximum absolute atomic E-state index is 12.4. The van der Waals surface area contributed by atoms with Crippen molar-refractivity contribution in [2.75, 3.05) is 25.5 Å². The average Bonchev–Trinajstić information content (AvgIpc) is 3.41. The Bertz CT molecular complexity index is 763. The fourth-order valence-electron chi connectivity index (χ4n) is 2.59. The van der Waals surface area contributed by atoms with Crippen LogP contribution >= 0.6 is 11.8 Å². The standard InChI is InChI=1S/C20H23N3O2S/c1-23(13-19(24)21-15-11-12-15)14-20(25)22-17-9-5-6-10-18(17)26-16-7-3-2-4-8-16/h2-10,15H,11-14H2,1H3,(H,21,24)(H,22,25)/p+1. The number of rotatable bonds is 8. The number of para-hydroxylation sites is 1. The molecule has 5 nitrogen and oxygen atoms in total. The first-order valence-corrected chi connectivity index (χ1v) is 9.64. The van der Waals surface area contributed by atoms with Gasteiger partial charge >= 0.3 is 0 Å². The van der Waals surface area contributed by atoms with Gasteiger partial charge in [0.25, 0.3) is 11.8 Å². The molecule has 0 heterocycles. The van der Waals surface area contributed by atoms with Gasteiger partial charge in [-0.15, -0.1) is 0 Å². The van der Waals surface area contributed by atoms with Gasteiger partial charge in [0, 0.05) is 15.8 Å². The van der Waals surface area contributed by atoms with Crippen LogP contribution < -0.4 is 15.5 Å². The third-order valence-corrected chi connectivity index (χ3v) is 5.08. The summed E-state index contributed by atoms with van der Waals surface area (Å²) in [6.07, 6.45) is 2.14. The largest absolute Gasteiger partial charge is 0.348 e. The predicted molar refractivity (Wildman–Crippen MR) is 103 cm³/mol. The minimum absolute atomic E-state index is 0.0119. The van der Waals surface area contributed by atoms with Crippen LogP contribution in [0.3, 0.4) is 0 Å². The molecule has 26 heavy (non-hydrogen) atoms. The van der Waals surface area contributed by atoms with E-state index in [0.29, 0.717) is 12.6 Å². The molecule has 1 fully saturated rings. The van der Waals surface area contributed by atoms with Crippen molar-refractivity contribution in [3.8, 4) is 0 Å². The second-order valence-corrected chi connectivity index (χ2v) is 7.73. The molecule has 1 aliphatic rings. The number of nitrogens with one attached hydrogen (secondary N) is 3. The van der Waals surface area contributed by atoms with Gasteiger partial charge in [0.15, 0.2) is 13.1 Å². The van der Waals surface area contributed by atoms with Crippen LogP contribution in [0.25, 0.3) is 0 Å². The SMILES string of the molecule is C[NH+](CC(=O)Nc1ccccc1Sc1ccccc1)CC(=O)NC1CC1. The van der Waals surface area contributed by atoms with Crippen LogP contribution in [-0.4, -0.2) is 38.0 Å². The topological polar surface area (TPSA) is 62.6 Å². The van der Waals surface area contributed by atoms with Gasteiger partial charge in [-0.25, -0.2) is 0 Å². The van der Waals surface area contributed by atoms with E-state index in [1.165, 1.54) is 0 Å². The Morgan fingerprint density at radius 1 is 1.00 bits per heavy atom. The van der Waals surface area contributed by atoms with E-state index in [4.69, 9.17) is 0 Å². The highest BCUT2D eigenvalue weighted by Crippen LogP contribution is 2.33. The zero-order chi connectivity index (χ0) is 18.4. The fraction of sp³-hybridized carbons (Fsp3) is 0.300. The van der Waals surface area contributed by atoms with Gasteiger partial charge in [-0.3, -0.25) is 9.59 Å². The molecule has 0 aromatic heterocycles. The maximum Gasteiger partial charge on any atom is 0.279 e. The van der Waals surface area contributed by atoms with Crippen molar-refractivity contribution in [2.24, 2.45) is 0 Å². The predicted octanol–water partition coefficient (Wildman–Crippen LogP) is 1.57. The van der Waals surface area contributed by atoms with Crippen LogP contribution in [0.1, 0.15) is 12.8 Å². The number of hydrogen-bond acceptors (Lipinski definition) is 3. The summed E-state index contributed by atoms with van der Waals surface area (Å²) >= 11 is 1.61. The number of likely N-dealkylation sites (N-methyl/N-ethyl adjacent to an activating group) is 1. The highest BCUT2D eigenvalue weighted by atomic mass is 32.2. The molecule has 0 spiro atoms. The lowest BCUT2D eigenvalue weighted by atomic mass is 10.3. The summed E-state index contributed by atoms with van der Waals surface area (Å²) in [5, 5.41) is 5.93. The van der Waals surface area contributed by atoms with E-state index >= 15 is 0 Å². The molecule has 0 saturated heterocycles. The molecule has 136 valence electrons. The van der Waals surface area contributed by atoms with Gasteiger partial charge in [-0.05, 0) is 37.1 Å². The Balaban J connectivity index is 1.54. The summed E-state index contributed by atoms with van der Waals surface area (Å²) in [6, 6.07) is 18.2. The summed E-state index contributed by atoms with van der Waals surface area (Å²) < 4.78 is 0.